The van der Waals surface area contributed by atoms with Crippen molar-refractivity contribution in [3.63, 3.8) is 0 Å². The van der Waals surface area contributed by atoms with Crippen molar-refractivity contribution in [1.29, 1.82) is 0 Å². The van der Waals surface area contributed by atoms with Gasteiger partial charge in [-0.1, -0.05) is 117 Å². The highest BCUT2D eigenvalue weighted by Gasteiger charge is 2.35. The van der Waals surface area contributed by atoms with Gasteiger partial charge in [0, 0.05) is 53.4 Å². The average Bonchev–Trinajstić information content (AvgIpc) is 3.82. The van der Waals surface area contributed by atoms with Crippen LogP contribution < -0.4 is 4.90 Å². The van der Waals surface area contributed by atoms with Gasteiger partial charge in [-0.15, -0.1) is 11.3 Å². The van der Waals surface area contributed by atoms with Gasteiger partial charge in [0.15, 0.2) is 0 Å². The summed E-state index contributed by atoms with van der Waals surface area (Å²) in [5.74, 6) is 0. The number of nitrogens with zero attached hydrogens (tertiary/aromatic N) is 1. The average molecular weight is 684 g/mol. The van der Waals surface area contributed by atoms with Crippen molar-refractivity contribution in [2.24, 2.45) is 0 Å². The molecule has 0 amide bonds. The molecule has 10 aromatic rings. The molecule has 0 bridgehead atoms. The summed E-state index contributed by atoms with van der Waals surface area (Å²) < 4.78 is 8.91. The van der Waals surface area contributed by atoms with Gasteiger partial charge < -0.3 is 9.32 Å². The fourth-order valence-corrected chi connectivity index (χ4v) is 9.92. The molecule has 2 heterocycles. The summed E-state index contributed by atoms with van der Waals surface area (Å²) in [6, 6.07) is 60.0. The first-order chi connectivity index (χ1) is 25.5. The zero-order valence-electron chi connectivity index (χ0n) is 28.9. The van der Waals surface area contributed by atoms with Crippen LogP contribution in [0, 0.1) is 0 Å². The van der Waals surface area contributed by atoms with E-state index in [9.17, 15) is 0 Å². The Morgan fingerprint density at radius 3 is 2.02 bits per heavy atom. The van der Waals surface area contributed by atoms with Crippen LogP contribution in [0.25, 0.3) is 75.1 Å². The number of anilines is 3. The third-order valence-electron chi connectivity index (χ3n) is 11.2. The second-order valence-corrected chi connectivity index (χ2v) is 15.6. The van der Waals surface area contributed by atoms with Gasteiger partial charge in [0.2, 0.25) is 0 Å². The van der Waals surface area contributed by atoms with Crippen molar-refractivity contribution < 1.29 is 4.42 Å². The summed E-state index contributed by atoms with van der Waals surface area (Å²) in [5.41, 5.74) is 12.9. The Kier molecular flexibility index (Phi) is 6.21. The van der Waals surface area contributed by atoms with E-state index in [1.165, 1.54) is 64.3 Å². The van der Waals surface area contributed by atoms with Crippen molar-refractivity contribution in [3.8, 4) is 22.3 Å². The third-order valence-corrected chi connectivity index (χ3v) is 12.4. The quantitative estimate of drug-likeness (QED) is 0.184. The minimum absolute atomic E-state index is 0.106. The molecule has 0 saturated carbocycles. The van der Waals surface area contributed by atoms with Crippen LogP contribution in [-0.4, -0.2) is 0 Å². The molecular weight excluding hydrogens is 651 g/mol. The lowest BCUT2D eigenvalue weighted by Gasteiger charge is -2.28. The van der Waals surface area contributed by atoms with E-state index in [0.717, 1.165) is 39.0 Å². The number of fused-ring (bicyclic) bond motifs is 10. The summed E-state index contributed by atoms with van der Waals surface area (Å²) in [7, 11) is 0. The van der Waals surface area contributed by atoms with Crippen LogP contribution in [0.4, 0.5) is 17.1 Å². The molecule has 0 unspecified atom stereocenters. The number of thiophene rings is 1. The highest BCUT2D eigenvalue weighted by molar-refractivity contribution is 7.26. The minimum Gasteiger partial charge on any atom is -0.456 e. The molecule has 8 aromatic carbocycles. The normalized spacial score (nSPS) is 13.3. The predicted molar refractivity (Wildman–Crippen MR) is 222 cm³/mol. The molecule has 246 valence electrons. The Balaban J connectivity index is 1.12. The van der Waals surface area contributed by atoms with E-state index >= 15 is 0 Å². The lowest BCUT2D eigenvalue weighted by Crippen LogP contribution is -2.16. The van der Waals surface area contributed by atoms with Crippen molar-refractivity contribution in [2.75, 3.05) is 4.90 Å². The van der Waals surface area contributed by atoms with E-state index in [1.54, 1.807) is 0 Å². The van der Waals surface area contributed by atoms with E-state index in [1.807, 2.05) is 23.5 Å². The standard InChI is InChI=1S/C49H33NOS/c1-49(2)41-16-8-5-13-36(41)37-25-23-34(29-42(37)49)50(33-24-26-44-40(28-33)38-14-6-9-17-43(38)51-44)32-21-19-30(20-22-32)47-35-12-4-3-11-31(35)27-46-48(47)39-15-7-10-18-45(39)52-46/h3-29H,1-2H3. The molecular formula is C49H33NOS. The molecule has 1 aliphatic rings. The molecule has 0 spiro atoms. The number of furan rings is 1. The van der Waals surface area contributed by atoms with Crippen LogP contribution >= 0.6 is 11.3 Å². The Morgan fingerprint density at radius 1 is 0.481 bits per heavy atom. The van der Waals surface area contributed by atoms with Gasteiger partial charge in [-0.05, 0) is 105 Å². The molecule has 0 radical (unpaired) electrons. The van der Waals surface area contributed by atoms with Gasteiger partial charge in [0.25, 0.3) is 0 Å². The third kappa shape index (κ3) is 4.23. The largest absolute Gasteiger partial charge is 0.456 e. The monoisotopic (exact) mass is 683 g/mol. The number of rotatable bonds is 4. The van der Waals surface area contributed by atoms with Gasteiger partial charge in [0.05, 0.1) is 0 Å². The number of hydrogen-bond donors (Lipinski definition) is 0. The predicted octanol–water partition coefficient (Wildman–Crippen LogP) is 14.6. The minimum atomic E-state index is -0.106. The fourth-order valence-electron chi connectivity index (χ4n) is 8.76. The highest BCUT2D eigenvalue weighted by Crippen LogP contribution is 2.51. The molecule has 1 aliphatic carbocycles. The van der Waals surface area contributed by atoms with E-state index in [4.69, 9.17) is 4.42 Å². The lowest BCUT2D eigenvalue weighted by molar-refractivity contribution is 0.660. The molecule has 2 aromatic heterocycles. The van der Waals surface area contributed by atoms with Gasteiger partial charge in [0.1, 0.15) is 11.2 Å². The fraction of sp³-hybridized carbons (Fsp3) is 0.0612. The SMILES string of the molecule is CC1(C)c2ccccc2-c2ccc(N(c3ccc(-c4c5ccccc5cc5sc6ccccc6c45)cc3)c3ccc4oc5ccccc5c4c3)cc21. The summed E-state index contributed by atoms with van der Waals surface area (Å²) >= 11 is 1.88. The summed E-state index contributed by atoms with van der Waals surface area (Å²) in [6.07, 6.45) is 0. The molecule has 11 rings (SSSR count). The van der Waals surface area contributed by atoms with Crippen molar-refractivity contribution in [2.45, 2.75) is 19.3 Å². The van der Waals surface area contributed by atoms with E-state index < -0.39 is 0 Å². The first-order valence-corrected chi connectivity index (χ1v) is 18.7. The summed E-state index contributed by atoms with van der Waals surface area (Å²) in [4.78, 5) is 2.41. The van der Waals surface area contributed by atoms with Gasteiger partial charge in [-0.3, -0.25) is 0 Å². The smallest absolute Gasteiger partial charge is 0.135 e. The first kappa shape index (κ1) is 29.6. The van der Waals surface area contributed by atoms with Crippen molar-refractivity contribution in [3.05, 3.63) is 175 Å². The number of hydrogen-bond acceptors (Lipinski definition) is 3. The van der Waals surface area contributed by atoms with Crippen LogP contribution in [0.15, 0.2) is 168 Å². The second-order valence-electron chi connectivity index (χ2n) is 14.5. The van der Waals surface area contributed by atoms with Crippen LogP contribution in [-0.2, 0) is 5.41 Å². The first-order valence-electron chi connectivity index (χ1n) is 17.9. The maximum absolute atomic E-state index is 6.26. The van der Waals surface area contributed by atoms with E-state index in [0.29, 0.717) is 0 Å². The maximum Gasteiger partial charge on any atom is 0.135 e. The highest BCUT2D eigenvalue weighted by atomic mass is 32.1. The van der Waals surface area contributed by atoms with Crippen LogP contribution in [0.1, 0.15) is 25.0 Å². The number of para-hydroxylation sites is 1. The molecule has 3 heteroatoms. The Labute approximate surface area is 305 Å². The van der Waals surface area contributed by atoms with Gasteiger partial charge >= 0.3 is 0 Å². The van der Waals surface area contributed by atoms with Crippen LogP contribution in [0.5, 0.6) is 0 Å². The van der Waals surface area contributed by atoms with Gasteiger partial charge in [-0.2, -0.15) is 0 Å². The van der Waals surface area contributed by atoms with E-state index in [-0.39, 0.29) is 5.41 Å². The Morgan fingerprint density at radius 2 is 1.13 bits per heavy atom. The maximum atomic E-state index is 6.26. The van der Waals surface area contributed by atoms with E-state index in [2.05, 4.69) is 170 Å². The Hall–Kier alpha value is -6.16. The molecule has 0 fully saturated rings. The molecule has 0 N–H and O–H groups in total. The van der Waals surface area contributed by atoms with Crippen LogP contribution in [0.2, 0.25) is 0 Å². The molecule has 0 aliphatic heterocycles. The van der Waals surface area contributed by atoms with Crippen molar-refractivity contribution >= 4 is 81.3 Å². The number of benzene rings is 8. The summed E-state index contributed by atoms with van der Waals surface area (Å²) in [6.45, 7) is 4.70. The second kappa shape index (κ2) is 10.9. The molecule has 0 saturated heterocycles. The lowest BCUT2D eigenvalue weighted by atomic mass is 9.82. The Bertz CT molecular complexity index is 3050. The summed E-state index contributed by atoms with van der Waals surface area (Å²) in [5, 5.41) is 7.44. The zero-order valence-corrected chi connectivity index (χ0v) is 29.7. The zero-order chi connectivity index (χ0) is 34.6. The van der Waals surface area contributed by atoms with Crippen molar-refractivity contribution in [1.82, 2.24) is 0 Å². The topological polar surface area (TPSA) is 16.4 Å². The molecule has 52 heavy (non-hydrogen) atoms. The van der Waals surface area contributed by atoms with Gasteiger partial charge in [-0.25, -0.2) is 0 Å². The molecule has 0 atom stereocenters. The van der Waals surface area contributed by atoms with Crippen LogP contribution in [0.3, 0.4) is 0 Å². The molecule has 2 nitrogen and oxygen atoms in total.